The van der Waals surface area contributed by atoms with Gasteiger partial charge in [-0.1, -0.05) is 15.9 Å². The van der Waals surface area contributed by atoms with Crippen LogP contribution in [0.4, 0.5) is 10.5 Å². The highest BCUT2D eigenvalue weighted by atomic mass is 79.9. The van der Waals surface area contributed by atoms with Gasteiger partial charge in [-0.2, -0.15) is 0 Å². The minimum absolute atomic E-state index is 0.0814. The van der Waals surface area contributed by atoms with Gasteiger partial charge in [0.1, 0.15) is 0 Å². The van der Waals surface area contributed by atoms with Crippen molar-refractivity contribution in [3.05, 3.63) is 28.7 Å². The molecule has 3 N–H and O–H groups in total. The minimum atomic E-state index is -0.302. The molecule has 1 saturated heterocycles. The molecule has 0 aromatic heterocycles. The molecule has 7 heteroatoms. The van der Waals surface area contributed by atoms with Crippen molar-refractivity contribution in [1.29, 1.82) is 0 Å². The fraction of sp³-hybridized carbons (Fsp3) is 0.467. The summed E-state index contributed by atoms with van der Waals surface area (Å²) < 4.78 is 0.953. The number of hydrogen-bond acceptors (Lipinski definition) is 3. The van der Waals surface area contributed by atoms with Gasteiger partial charge in [-0.25, -0.2) is 4.79 Å². The Bertz CT molecular complexity index is 521. The highest BCUT2D eigenvalue weighted by Crippen LogP contribution is 2.13. The normalized spacial score (nSPS) is 17.9. The number of carbonyl (C=O) groups is 2. The lowest BCUT2D eigenvalue weighted by atomic mass is 10.2. The van der Waals surface area contributed by atoms with Crippen molar-refractivity contribution >= 4 is 33.6 Å². The van der Waals surface area contributed by atoms with Crippen molar-refractivity contribution in [3.8, 4) is 0 Å². The van der Waals surface area contributed by atoms with Crippen molar-refractivity contribution < 1.29 is 9.59 Å². The lowest BCUT2D eigenvalue weighted by Crippen LogP contribution is -2.52. The molecule has 6 nitrogen and oxygen atoms in total. The van der Waals surface area contributed by atoms with Gasteiger partial charge in [0.15, 0.2) is 0 Å². The van der Waals surface area contributed by atoms with Gasteiger partial charge in [-0.3, -0.25) is 4.79 Å². The van der Waals surface area contributed by atoms with E-state index in [1.165, 1.54) is 0 Å². The summed E-state index contributed by atoms with van der Waals surface area (Å²) in [5, 5.41) is 8.68. The molecule has 3 amide bonds. The summed E-state index contributed by atoms with van der Waals surface area (Å²) in [6.45, 7) is 4.73. The maximum absolute atomic E-state index is 12.1. The van der Waals surface area contributed by atoms with Crippen molar-refractivity contribution in [2.45, 2.75) is 19.4 Å². The van der Waals surface area contributed by atoms with E-state index in [0.717, 1.165) is 24.1 Å². The second-order valence-corrected chi connectivity index (χ2v) is 6.19. The number of anilines is 1. The molecule has 0 bridgehead atoms. The van der Waals surface area contributed by atoms with Crippen LogP contribution in [0.1, 0.15) is 13.3 Å². The molecule has 1 aliphatic rings. The molecule has 1 aromatic rings. The minimum Gasteiger partial charge on any atom is -0.337 e. The maximum Gasteiger partial charge on any atom is 0.319 e. The number of hydrogen-bond donors (Lipinski definition) is 3. The van der Waals surface area contributed by atoms with Crippen LogP contribution in [0.5, 0.6) is 0 Å². The number of amides is 3. The number of carbonyl (C=O) groups excluding carboxylic acids is 2. The Labute approximate surface area is 138 Å². The third-order valence-electron chi connectivity index (χ3n) is 3.55. The van der Waals surface area contributed by atoms with Gasteiger partial charge in [-0.15, -0.1) is 0 Å². The Morgan fingerprint density at radius 1 is 1.36 bits per heavy atom. The van der Waals surface area contributed by atoms with Crippen LogP contribution in [-0.2, 0) is 4.79 Å². The van der Waals surface area contributed by atoms with Gasteiger partial charge in [0.05, 0.1) is 0 Å². The molecule has 1 heterocycles. The highest BCUT2D eigenvalue weighted by Gasteiger charge is 2.22. The Hall–Kier alpha value is -1.60. The lowest BCUT2D eigenvalue weighted by Gasteiger charge is -2.34. The molecule has 0 radical (unpaired) electrons. The Morgan fingerprint density at radius 2 is 2.09 bits per heavy atom. The van der Waals surface area contributed by atoms with Crippen LogP contribution in [0, 0.1) is 0 Å². The van der Waals surface area contributed by atoms with Crippen LogP contribution in [0.2, 0.25) is 0 Å². The Balaban J connectivity index is 1.70. The highest BCUT2D eigenvalue weighted by molar-refractivity contribution is 9.10. The monoisotopic (exact) mass is 368 g/mol. The second-order valence-electron chi connectivity index (χ2n) is 5.28. The molecular formula is C15H21BrN4O2. The summed E-state index contributed by atoms with van der Waals surface area (Å²) in [7, 11) is 0. The van der Waals surface area contributed by atoms with E-state index in [9.17, 15) is 9.59 Å². The Morgan fingerprint density at radius 3 is 2.77 bits per heavy atom. The molecule has 0 unspecified atom stereocenters. The van der Waals surface area contributed by atoms with Crippen LogP contribution >= 0.6 is 15.9 Å². The molecule has 1 aromatic carbocycles. The van der Waals surface area contributed by atoms with Crippen molar-refractivity contribution in [2.75, 3.05) is 31.5 Å². The summed E-state index contributed by atoms with van der Waals surface area (Å²) in [5.74, 6) is 0.0814. The predicted octanol–water partition coefficient (Wildman–Crippen LogP) is 1.78. The fourth-order valence-corrected chi connectivity index (χ4v) is 2.61. The molecule has 2 rings (SSSR count). The second kappa shape index (κ2) is 8.14. The predicted molar refractivity (Wildman–Crippen MR) is 89.8 cm³/mol. The molecule has 120 valence electrons. The van der Waals surface area contributed by atoms with Gasteiger partial charge in [0.25, 0.3) is 0 Å². The van der Waals surface area contributed by atoms with E-state index in [2.05, 4.69) is 31.9 Å². The zero-order valence-electron chi connectivity index (χ0n) is 12.6. The topological polar surface area (TPSA) is 73.5 Å². The summed E-state index contributed by atoms with van der Waals surface area (Å²) in [6, 6.07) is 7.21. The van der Waals surface area contributed by atoms with Crippen LogP contribution in [0.15, 0.2) is 28.7 Å². The summed E-state index contributed by atoms with van der Waals surface area (Å²) in [5.41, 5.74) is 0.711. The first-order chi connectivity index (χ1) is 10.6. The molecule has 1 fully saturated rings. The number of urea groups is 1. The third-order valence-corrected chi connectivity index (χ3v) is 4.08. The average Bonchev–Trinajstić information content (AvgIpc) is 2.50. The van der Waals surface area contributed by atoms with Crippen molar-refractivity contribution in [3.63, 3.8) is 0 Å². The zero-order chi connectivity index (χ0) is 15.9. The van der Waals surface area contributed by atoms with Gasteiger partial charge < -0.3 is 20.9 Å². The van der Waals surface area contributed by atoms with Crippen LogP contribution in [-0.4, -0.2) is 49.1 Å². The largest absolute Gasteiger partial charge is 0.337 e. The van der Waals surface area contributed by atoms with Crippen molar-refractivity contribution in [1.82, 2.24) is 15.5 Å². The van der Waals surface area contributed by atoms with Gasteiger partial charge in [-0.05, 0) is 31.2 Å². The summed E-state index contributed by atoms with van der Waals surface area (Å²) in [4.78, 5) is 25.7. The number of benzene rings is 1. The number of nitrogens with zero attached hydrogens (tertiary/aromatic N) is 1. The first-order valence-corrected chi connectivity index (χ1v) is 8.16. The van der Waals surface area contributed by atoms with Gasteiger partial charge >= 0.3 is 6.03 Å². The van der Waals surface area contributed by atoms with E-state index >= 15 is 0 Å². The number of nitrogens with one attached hydrogen (secondary N) is 3. The Kier molecular flexibility index (Phi) is 6.21. The van der Waals surface area contributed by atoms with Crippen molar-refractivity contribution in [2.24, 2.45) is 0 Å². The first kappa shape index (κ1) is 16.8. The standard InChI is InChI=1S/C15H21BrN4O2/c1-11-10-17-8-9-20(11)14(21)6-7-18-15(22)19-13-4-2-12(16)3-5-13/h2-5,11,17H,6-10H2,1H3,(H2,18,19,22)/t11-/m0/s1. The molecule has 0 saturated carbocycles. The molecule has 1 atom stereocenters. The lowest BCUT2D eigenvalue weighted by molar-refractivity contribution is -0.133. The third kappa shape index (κ3) is 4.99. The molecular weight excluding hydrogens is 348 g/mol. The molecule has 0 spiro atoms. The van der Waals surface area contributed by atoms with Gasteiger partial charge in [0.2, 0.25) is 5.91 Å². The van der Waals surface area contributed by atoms with E-state index in [1.54, 1.807) is 12.1 Å². The van der Waals surface area contributed by atoms with E-state index in [1.807, 2.05) is 24.0 Å². The number of halogens is 1. The smallest absolute Gasteiger partial charge is 0.319 e. The number of rotatable bonds is 4. The fourth-order valence-electron chi connectivity index (χ4n) is 2.35. The van der Waals surface area contributed by atoms with E-state index in [4.69, 9.17) is 0 Å². The number of piperazine rings is 1. The van der Waals surface area contributed by atoms with E-state index in [0.29, 0.717) is 18.7 Å². The first-order valence-electron chi connectivity index (χ1n) is 7.37. The van der Waals surface area contributed by atoms with E-state index in [-0.39, 0.29) is 18.0 Å². The zero-order valence-corrected chi connectivity index (χ0v) is 14.1. The average molecular weight is 369 g/mol. The SMILES string of the molecule is C[C@H]1CNCCN1C(=O)CCNC(=O)Nc1ccc(Br)cc1. The summed E-state index contributed by atoms with van der Waals surface area (Å²) in [6.07, 6.45) is 0.318. The van der Waals surface area contributed by atoms with Crippen LogP contribution < -0.4 is 16.0 Å². The molecule has 22 heavy (non-hydrogen) atoms. The quantitative estimate of drug-likeness (QED) is 0.758. The molecule has 1 aliphatic heterocycles. The van der Waals surface area contributed by atoms with Crippen LogP contribution in [0.25, 0.3) is 0 Å². The molecule has 0 aliphatic carbocycles. The van der Waals surface area contributed by atoms with Gasteiger partial charge in [0, 0.05) is 48.8 Å². The van der Waals surface area contributed by atoms with Crippen LogP contribution in [0.3, 0.4) is 0 Å². The van der Waals surface area contributed by atoms with E-state index < -0.39 is 0 Å². The summed E-state index contributed by atoms with van der Waals surface area (Å²) >= 11 is 3.34. The maximum atomic E-state index is 12.1.